The molecule has 0 amide bonds. The Kier molecular flexibility index (Phi) is 6.97. The molecule has 0 fully saturated rings. The molecule has 0 unspecified atom stereocenters. The van der Waals surface area contributed by atoms with E-state index in [9.17, 15) is 0 Å². The summed E-state index contributed by atoms with van der Waals surface area (Å²) in [6.45, 7) is 4.12. The van der Waals surface area contributed by atoms with Gasteiger partial charge in [-0.15, -0.1) is 0 Å². The van der Waals surface area contributed by atoms with Gasteiger partial charge in [0.25, 0.3) is 0 Å². The number of aliphatic imine (C=N–C) groups is 1. The molecule has 2 aromatic carbocycles. The Bertz CT molecular complexity index is 1140. The van der Waals surface area contributed by atoms with Crippen LogP contribution in [0.25, 0.3) is 11.5 Å². The summed E-state index contributed by atoms with van der Waals surface area (Å²) in [5, 5.41) is 6.62. The van der Waals surface area contributed by atoms with E-state index in [2.05, 4.69) is 61.4 Å². The lowest BCUT2D eigenvalue weighted by Gasteiger charge is -2.12. The fourth-order valence-corrected chi connectivity index (χ4v) is 3.40. The Morgan fingerprint density at radius 1 is 1.06 bits per heavy atom. The SMILES string of the molecule is CN=C(NCCc1nccn1Cc1ccccc1)NCc1coc(-c2ccc(C)cc2)n1. The molecule has 0 spiro atoms. The van der Waals surface area contributed by atoms with Crippen LogP contribution in [0.15, 0.2) is 82.7 Å². The average molecular weight is 429 g/mol. The van der Waals surface area contributed by atoms with Gasteiger partial charge in [-0.25, -0.2) is 9.97 Å². The van der Waals surface area contributed by atoms with Gasteiger partial charge in [0, 0.05) is 44.5 Å². The van der Waals surface area contributed by atoms with Crippen molar-refractivity contribution in [3.8, 4) is 11.5 Å². The molecule has 0 bridgehead atoms. The molecule has 0 aliphatic heterocycles. The number of hydrogen-bond acceptors (Lipinski definition) is 4. The highest BCUT2D eigenvalue weighted by atomic mass is 16.3. The third kappa shape index (κ3) is 5.63. The van der Waals surface area contributed by atoms with Gasteiger partial charge in [-0.3, -0.25) is 4.99 Å². The first kappa shape index (κ1) is 21.4. The fourth-order valence-electron chi connectivity index (χ4n) is 3.40. The number of aromatic nitrogens is 3. The molecule has 0 aliphatic rings. The van der Waals surface area contributed by atoms with E-state index < -0.39 is 0 Å². The van der Waals surface area contributed by atoms with Gasteiger partial charge < -0.3 is 19.6 Å². The number of benzene rings is 2. The van der Waals surface area contributed by atoms with Crippen LogP contribution in [0.1, 0.15) is 22.6 Å². The number of nitrogens with one attached hydrogen (secondary N) is 2. The predicted octanol–water partition coefficient (Wildman–Crippen LogP) is 3.80. The minimum atomic E-state index is 0.525. The Balaban J connectivity index is 1.26. The normalized spacial score (nSPS) is 11.5. The second kappa shape index (κ2) is 10.4. The minimum absolute atomic E-state index is 0.525. The first-order chi connectivity index (χ1) is 15.7. The molecule has 2 heterocycles. The minimum Gasteiger partial charge on any atom is -0.444 e. The average Bonchev–Trinajstić information content (AvgIpc) is 3.47. The maximum absolute atomic E-state index is 5.63. The summed E-state index contributed by atoms with van der Waals surface area (Å²) in [6, 6.07) is 18.5. The summed E-state index contributed by atoms with van der Waals surface area (Å²) in [5.41, 5.74) is 4.26. The number of oxazole rings is 1. The highest BCUT2D eigenvalue weighted by Crippen LogP contribution is 2.19. The number of imidazole rings is 1. The molecular weight excluding hydrogens is 400 g/mol. The maximum Gasteiger partial charge on any atom is 0.226 e. The highest BCUT2D eigenvalue weighted by molar-refractivity contribution is 5.79. The molecule has 164 valence electrons. The standard InChI is InChI=1S/C25H28N6O/c1-19-8-10-21(11-9-19)24-30-22(18-32-24)16-29-25(26-2)28-13-12-23-27-14-15-31(23)17-20-6-4-3-5-7-20/h3-11,14-15,18H,12-13,16-17H2,1-2H3,(H2,26,28,29). The lowest BCUT2D eigenvalue weighted by atomic mass is 10.1. The van der Waals surface area contributed by atoms with Crippen LogP contribution in [0.3, 0.4) is 0 Å². The summed E-state index contributed by atoms with van der Waals surface area (Å²) in [4.78, 5) is 13.4. The molecule has 2 aromatic heterocycles. The number of rotatable bonds is 8. The zero-order valence-electron chi connectivity index (χ0n) is 18.5. The van der Waals surface area contributed by atoms with Crippen molar-refractivity contribution in [1.29, 1.82) is 0 Å². The van der Waals surface area contributed by atoms with Crippen LogP contribution in [0.5, 0.6) is 0 Å². The van der Waals surface area contributed by atoms with Crippen molar-refractivity contribution in [2.24, 2.45) is 4.99 Å². The lowest BCUT2D eigenvalue weighted by molar-refractivity contribution is 0.572. The van der Waals surface area contributed by atoms with E-state index in [-0.39, 0.29) is 0 Å². The van der Waals surface area contributed by atoms with Crippen LogP contribution in [0.4, 0.5) is 0 Å². The third-order valence-electron chi connectivity index (χ3n) is 5.15. The molecule has 2 N–H and O–H groups in total. The molecular formula is C25H28N6O. The monoisotopic (exact) mass is 428 g/mol. The lowest BCUT2D eigenvalue weighted by Crippen LogP contribution is -2.38. The Labute approximate surface area is 188 Å². The van der Waals surface area contributed by atoms with Crippen molar-refractivity contribution in [1.82, 2.24) is 25.2 Å². The number of nitrogens with zero attached hydrogens (tertiary/aromatic N) is 4. The molecule has 0 saturated carbocycles. The smallest absolute Gasteiger partial charge is 0.226 e. The van der Waals surface area contributed by atoms with Crippen LogP contribution in [-0.4, -0.2) is 34.1 Å². The van der Waals surface area contributed by atoms with E-state index in [1.165, 1.54) is 11.1 Å². The molecule has 0 atom stereocenters. The van der Waals surface area contributed by atoms with E-state index in [4.69, 9.17) is 4.42 Å². The predicted molar refractivity (Wildman–Crippen MR) is 126 cm³/mol. The Morgan fingerprint density at radius 2 is 1.88 bits per heavy atom. The number of aryl methyl sites for hydroxylation is 1. The van der Waals surface area contributed by atoms with Crippen molar-refractivity contribution in [2.45, 2.75) is 26.4 Å². The first-order valence-corrected chi connectivity index (χ1v) is 10.7. The van der Waals surface area contributed by atoms with Crippen molar-refractivity contribution in [3.63, 3.8) is 0 Å². The van der Waals surface area contributed by atoms with E-state index in [0.29, 0.717) is 18.4 Å². The van der Waals surface area contributed by atoms with Crippen LogP contribution in [-0.2, 0) is 19.5 Å². The van der Waals surface area contributed by atoms with Crippen LogP contribution < -0.4 is 10.6 Å². The molecule has 7 heteroatoms. The molecule has 7 nitrogen and oxygen atoms in total. The van der Waals surface area contributed by atoms with Gasteiger partial charge in [-0.2, -0.15) is 0 Å². The van der Waals surface area contributed by atoms with Gasteiger partial charge in [0.1, 0.15) is 12.1 Å². The van der Waals surface area contributed by atoms with Gasteiger partial charge >= 0.3 is 0 Å². The zero-order chi connectivity index (χ0) is 22.2. The van der Waals surface area contributed by atoms with E-state index in [1.807, 2.05) is 42.7 Å². The van der Waals surface area contributed by atoms with E-state index in [1.54, 1.807) is 13.3 Å². The summed E-state index contributed by atoms with van der Waals surface area (Å²) < 4.78 is 7.80. The van der Waals surface area contributed by atoms with Gasteiger partial charge in [0.2, 0.25) is 5.89 Å². The molecule has 4 aromatic rings. The van der Waals surface area contributed by atoms with Crippen molar-refractivity contribution in [2.75, 3.05) is 13.6 Å². The van der Waals surface area contributed by atoms with Crippen LogP contribution in [0, 0.1) is 6.92 Å². The van der Waals surface area contributed by atoms with Crippen LogP contribution >= 0.6 is 0 Å². The van der Waals surface area contributed by atoms with Crippen molar-refractivity contribution < 1.29 is 4.42 Å². The Morgan fingerprint density at radius 3 is 2.66 bits per heavy atom. The van der Waals surface area contributed by atoms with Gasteiger partial charge in [-0.1, -0.05) is 48.0 Å². The van der Waals surface area contributed by atoms with E-state index in [0.717, 1.165) is 36.6 Å². The largest absolute Gasteiger partial charge is 0.444 e. The summed E-state index contributed by atoms with van der Waals surface area (Å²) in [6.07, 6.45) is 6.34. The van der Waals surface area contributed by atoms with Gasteiger partial charge in [-0.05, 0) is 24.6 Å². The fraction of sp³-hybridized carbons (Fsp3) is 0.240. The molecule has 0 radical (unpaired) electrons. The second-order valence-electron chi connectivity index (χ2n) is 7.57. The Hall–Kier alpha value is -3.87. The highest BCUT2D eigenvalue weighted by Gasteiger charge is 2.08. The third-order valence-corrected chi connectivity index (χ3v) is 5.15. The zero-order valence-corrected chi connectivity index (χ0v) is 18.5. The van der Waals surface area contributed by atoms with Crippen molar-refractivity contribution >= 4 is 5.96 Å². The molecule has 32 heavy (non-hydrogen) atoms. The summed E-state index contributed by atoms with van der Waals surface area (Å²) >= 11 is 0. The maximum atomic E-state index is 5.63. The quantitative estimate of drug-likeness (QED) is 0.330. The summed E-state index contributed by atoms with van der Waals surface area (Å²) in [5.74, 6) is 2.37. The van der Waals surface area contributed by atoms with E-state index >= 15 is 0 Å². The van der Waals surface area contributed by atoms with Crippen LogP contribution in [0.2, 0.25) is 0 Å². The van der Waals surface area contributed by atoms with Gasteiger partial charge in [0.15, 0.2) is 5.96 Å². The number of guanidine groups is 1. The molecule has 4 rings (SSSR count). The first-order valence-electron chi connectivity index (χ1n) is 10.7. The topological polar surface area (TPSA) is 80.3 Å². The second-order valence-corrected chi connectivity index (χ2v) is 7.57. The number of hydrogen-bond donors (Lipinski definition) is 2. The molecule has 0 aliphatic carbocycles. The summed E-state index contributed by atoms with van der Waals surface area (Å²) in [7, 11) is 1.76. The van der Waals surface area contributed by atoms with Gasteiger partial charge in [0.05, 0.1) is 12.2 Å². The molecule has 0 saturated heterocycles. The van der Waals surface area contributed by atoms with Crippen molar-refractivity contribution in [3.05, 3.63) is 95.9 Å².